The predicted molar refractivity (Wildman–Crippen MR) is 107 cm³/mol. The van der Waals surface area contributed by atoms with Crippen LogP contribution >= 0.6 is 0 Å². The average molecular weight is 413 g/mol. The Labute approximate surface area is 191 Å². The molecular weight excluding hydrogens is 383 g/mol. The summed E-state index contributed by atoms with van der Waals surface area (Å²) in [6, 6.07) is 13.5. The van der Waals surface area contributed by atoms with Crippen molar-refractivity contribution in [2.24, 2.45) is 0 Å². The minimum Gasteiger partial charge on any atom is -0.744 e. The summed E-state index contributed by atoms with van der Waals surface area (Å²) in [7, 11) is -4.57. The quantitative estimate of drug-likeness (QED) is 0.305. The van der Waals surface area contributed by atoms with Gasteiger partial charge < -0.3 is 9.29 Å². The van der Waals surface area contributed by atoms with Gasteiger partial charge in [0.2, 0.25) is 0 Å². The molecule has 0 N–H and O–H groups in total. The molecule has 2 aromatic rings. The number of hydrogen-bond acceptors (Lipinski definition) is 4. The number of hydrogen-bond donors (Lipinski definition) is 0. The maximum absolute atomic E-state index is 11.4. The minimum atomic E-state index is -4.57. The molecule has 0 atom stereocenters. The number of unbranched alkanes of at least 4 members (excludes halogenated alkanes) is 7. The summed E-state index contributed by atoms with van der Waals surface area (Å²) in [6.45, 7) is 2.23. The van der Waals surface area contributed by atoms with Gasteiger partial charge in [0.25, 0.3) is 0 Å². The summed E-state index contributed by atoms with van der Waals surface area (Å²) < 4.78 is 39.8. The zero-order chi connectivity index (χ0) is 19.5. The Bertz CT molecular complexity index is 806. The summed E-state index contributed by atoms with van der Waals surface area (Å²) in [4.78, 5) is -0.335. The minimum absolute atomic E-state index is 0. The Balaban J connectivity index is 0.00000392. The molecular formula is C22H29NaO4S. The van der Waals surface area contributed by atoms with Crippen LogP contribution in [0.3, 0.4) is 0 Å². The average Bonchev–Trinajstić information content (AvgIpc) is 2.64. The summed E-state index contributed by atoms with van der Waals surface area (Å²) in [5.41, 5.74) is 1.15. The standard InChI is InChI=1S/C22H30O4S.Na/c1-2-3-4-5-6-7-8-9-13-19-14-12-15-20(18-19)26-21-16-10-11-17-22(21)27(23,24)25;/h10-12,14-18H,2-9,13H2,1H3,(H,23,24,25);/q;+1/p-1. The van der Waals surface area contributed by atoms with E-state index < -0.39 is 10.1 Å². The molecule has 0 aliphatic heterocycles. The van der Waals surface area contributed by atoms with Crippen molar-refractivity contribution in [3.05, 3.63) is 54.1 Å². The Morgan fingerprint density at radius 3 is 2.18 bits per heavy atom. The van der Waals surface area contributed by atoms with E-state index in [-0.39, 0.29) is 40.2 Å². The van der Waals surface area contributed by atoms with E-state index >= 15 is 0 Å². The fourth-order valence-corrected chi connectivity index (χ4v) is 3.70. The molecule has 0 saturated heterocycles. The van der Waals surface area contributed by atoms with E-state index in [0.29, 0.717) is 5.75 Å². The molecule has 2 aromatic carbocycles. The van der Waals surface area contributed by atoms with Gasteiger partial charge in [-0.05, 0) is 42.7 Å². The topological polar surface area (TPSA) is 66.4 Å². The summed E-state index contributed by atoms with van der Waals surface area (Å²) in [6.07, 6.45) is 11.2. The molecule has 0 aromatic heterocycles. The second kappa shape index (κ2) is 13.4. The molecule has 28 heavy (non-hydrogen) atoms. The Kier molecular flexibility index (Phi) is 12.0. The zero-order valence-corrected chi connectivity index (χ0v) is 19.8. The molecule has 6 heteroatoms. The van der Waals surface area contributed by atoms with Gasteiger partial charge in [0.1, 0.15) is 21.6 Å². The van der Waals surface area contributed by atoms with E-state index in [1.165, 1.54) is 63.1 Å². The van der Waals surface area contributed by atoms with Crippen LogP contribution in [0.1, 0.15) is 63.9 Å². The van der Waals surface area contributed by atoms with Gasteiger partial charge in [0.05, 0.1) is 4.90 Å². The molecule has 0 aliphatic rings. The third kappa shape index (κ3) is 9.10. The Morgan fingerprint density at radius 2 is 1.50 bits per heavy atom. The van der Waals surface area contributed by atoms with E-state index in [1.807, 2.05) is 18.2 Å². The molecule has 0 heterocycles. The molecule has 0 fully saturated rings. The number of ether oxygens (including phenoxy) is 1. The van der Waals surface area contributed by atoms with Crippen molar-refractivity contribution in [3.63, 3.8) is 0 Å². The zero-order valence-electron chi connectivity index (χ0n) is 17.0. The van der Waals surface area contributed by atoms with Gasteiger partial charge in [-0.15, -0.1) is 0 Å². The summed E-state index contributed by atoms with van der Waals surface area (Å²) in [5, 5.41) is 0. The second-order valence-corrected chi connectivity index (χ2v) is 8.22. The molecule has 0 radical (unpaired) electrons. The van der Waals surface area contributed by atoms with Crippen LogP contribution in [-0.4, -0.2) is 13.0 Å². The SMILES string of the molecule is CCCCCCCCCCc1cccc(Oc2ccccc2S(=O)(=O)[O-])c1.[Na+]. The smallest absolute Gasteiger partial charge is 0.744 e. The van der Waals surface area contributed by atoms with E-state index in [4.69, 9.17) is 4.74 Å². The monoisotopic (exact) mass is 412 g/mol. The third-order valence-corrected chi connectivity index (χ3v) is 5.44. The Hall–Kier alpha value is -0.850. The number of para-hydroxylation sites is 1. The number of rotatable bonds is 12. The second-order valence-electron chi connectivity index (χ2n) is 6.88. The van der Waals surface area contributed by atoms with Crippen LogP contribution in [0.25, 0.3) is 0 Å². The maximum atomic E-state index is 11.4. The van der Waals surface area contributed by atoms with Crippen molar-refractivity contribution < 1.29 is 47.3 Å². The third-order valence-electron chi connectivity index (χ3n) is 4.56. The predicted octanol–water partition coefficient (Wildman–Crippen LogP) is 3.07. The first-order valence-electron chi connectivity index (χ1n) is 9.82. The molecule has 2 rings (SSSR count). The van der Waals surface area contributed by atoms with Crippen molar-refractivity contribution in [1.82, 2.24) is 0 Å². The Morgan fingerprint density at radius 1 is 0.857 bits per heavy atom. The molecule has 4 nitrogen and oxygen atoms in total. The number of benzene rings is 2. The van der Waals surface area contributed by atoms with Gasteiger partial charge in [-0.25, -0.2) is 8.42 Å². The van der Waals surface area contributed by atoms with Crippen LogP contribution in [0, 0.1) is 0 Å². The van der Waals surface area contributed by atoms with Crippen LogP contribution in [0.4, 0.5) is 0 Å². The van der Waals surface area contributed by atoms with Crippen LogP contribution in [0.15, 0.2) is 53.4 Å². The fourth-order valence-electron chi connectivity index (χ4n) is 3.10. The van der Waals surface area contributed by atoms with Gasteiger partial charge in [0, 0.05) is 0 Å². The first kappa shape index (κ1) is 25.2. The van der Waals surface area contributed by atoms with Crippen LogP contribution in [0.2, 0.25) is 0 Å². The van der Waals surface area contributed by atoms with Gasteiger partial charge in [-0.1, -0.05) is 76.1 Å². The van der Waals surface area contributed by atoms with Crippen molar-refractivity contribution in [1.29, 1.82) is 0 Å². The molecule has 0 bridgehead atoms. The van der Waals surface area contributed by atoms with Crippen molar-refractivity contribution in [2.45, 2.75) is 69.6 Å². The summed E-state index contributed by atoms with van der Waals surface area (Å²) >= 11 is 0. The molecule has 0 unspecified atom stereocenters. The number of aryl methyl sites for hydroxylation is 1. The van der Waals surface area contributed by atoms with Crippen LogP contribution < -0.4 is 34.3 Å². The first-order chi connectivity index (χ1) is 13.0. The molecule has 0 amide bonds. The van der Waals surface area contributed by atoms with E-state index in [2.05, 4.69) is 6.92 Å². The van der Waals surface area contributed by atoms with Crippen molar-refractivity contribution in [2.75, 3.05) is 0 Å². The van der Waals surface area contributed by atoms with Gasteiger partial charge in [-0.3, -0.25) is 0 Å². The van der Waals surface area contributed by atoms with Gasteiger partial charge in [-0.2, -0.15) is 0 Å². The van der Waals surface area contributed by atoms with E-state index in [9.17, 15) is 13.0 Å². The van der Waals surface area contributed by atoms with Crippen LogP contribution in [0.5, 0.6) is 11.5 Å². The van der Waals surface area contributed by atoms with Gasteiger partial charge in [0.15, 0.2) is 0 Å². The molecule has 148 valence electrons. The van der Waals surface area contributed by atoms with Crippen molar-refractivity contribution in [3.8, 4) is 11.5 Å². The first-order valence-corrected chi connectivity index (χ1v) is 11.2. The molecule has 0 saturated carbocycles. The molecule has 0 spiro atoms. The fraction of sp³-hybridized carbons (Fsp3) is 0.455. The largest absolute Gasteiger partial charge is 1.00 e. The van der Waals surface area contributed by atoms with Crippen LogP contribution in [-0.2, 0) is 16.5 Å². The van der Waals surface area contributed by atoms with E-state index in [0.717, 1.165) is 18.4 Å². The van der Waals surface area contributed by atoms with Crippen molar-refractivity contribution >= 4 is 10.1 Å². The van der Waals surface area contributed by atoms with E-state index in [1.54, 1.807) is 12.1 Å². The summed E-state index contributed by atoms with van der Waals surface area (Å²) in [5.74, 6) is 0.611. The van der Waals surface area contributed by atoms with Gasteiger partial charge >= 0.3 is 29.6 Å². The normalized spacial score (nSPS) is 11.1. The maximum Gasteiger partial charge on any atom is 1.00 e. The molecule has 0 aliphatic carbocycles.